The Morgan fingerprint density at radius 3 is 2.84 bits per heavy atom. The number of phenolic OH excluding ortho intramolecular Hbond substituents is 1. The van der Waals surface area contributed by atoms with E-state index in [9.17, 15) is 10.2 Å². The molecule has 0 amide bonds. The predicted octanol–water partition coefficient (Wildman–Crippen LogP) is 5.82. The second-order valence-corrected chi connectivity index (χ2v) is 9.74. The summed E-state index contributed by atoms with van der Waals surface area (Å²) in [4.78, 5) is 12.5. The Balaban J connectivity index is 1.44. The number of aromatic hydroxyl groups is 1. The number of H-pyrrole nitrogens is 1. The number of rotatable bonds is 7. The highest BCUT2D eigenvalue weighted by Gasteiger charge is 2.30. The van der Waals surface area contributed by atoms with Crippen molar-refractivity contribution in [3.63, 3.8) is 0 Å². The number of fused-ring (bicyclic) bond motifs is 2. The van der Waals surface area contributed by atoms with Crippen LogP contribution in [-0.2, 0) is 19.4 Å². The van der Waals surface area contributed by atoms with Gasteiger partial charge in [0.05, 0.1) is 35.5 Å². The van der Waals surface area contributed by atoms with Crippen LogP contribution in [0.5, 0.6) is 11.6 Å². The van der Waals surface area contributed by atoms with Crippen LogP contribution in [0.2, 0.25) is 5.02 Å². The summed E-state index contributed by atoms with van der Waals surface area (Å²) in [6, 6.07) is 15.2. The summed E-state index contributed by atoms with van der Waals surface area (Å²) in [5, 5.41) is 22.3. The Labute approximate surface area is 219 Å². The molecule has 0 fully saturated rings. The smallest absolute Gasteiger partial charge is 0.214 e. The number of phenols is 1. The molecule has 1 unspecified atom stereocenters. The molecule has 2 aromatic carbocycles. The first-order valence-corrected chi connectivity index (χ1v) is 12.8. The van der Waals surface area contributed by atoms with E-state index in [0.29, 0.717) is 23.9 Å². The van der Waals surface area contributed by atoms with Gasteiger partial charge in [-0.15, -0.1) is 0 Å². The van der Waals surface area contributed by atoms with E-state index < -0.39 is 0 Å². The lowest BCUT2D eigenvalue weighted by Gasteiger charge is -2.29. The van der Waals surface area contributed by atoms with E-state index in [1.807, 2.05) is 48.9 Å². The number of nitrogens with one attached hydrogen (secondary N) is 1. The van der Waals surface area contributed by atoms with Crippen LogP contribution in [0.1, 0.15) is 41.3 Å². The van der Waals surface area contributed by atoms with Crippen LogP contribution in [0.25, 0.3) is 22.2 Å². The molecule has 0 saturated carbocycles. The van der Waals surface area contributed by atoms with Gasteiger partial charge in [-0.05, 0) is 42.5 Å². The summed E-state index contributed by atoms with van der Waals surface area (Å²) in [7, 11) is 0. The fourth-order valence-corrected chi connectivity index (χ4v) is 5.63. The molecule has 0 spiro atoms. The average molecular weight is 515 g/mol. The number of hydrogen-bond donors (Lipinski definition) is 3. The summed E-state index contributed by atoms with van der Waals surface area (Å²) < 4.78 is 8.12. The summed E-state index contributed by atoms with van der Waals surface area (Å²) in [5.74, 6) is 0.770. The van der Waals surface area contributed by atoms with E-state index in [-0.39, 0.29) is 18.4 Å². The highest BCUT2D eigenvalue weighted by Crippen LogP contribution is 2.44. The second kappa shape index (κ2) is 9.92. The maximum absolute atomic E-state index is 10.8. The lowest BCUT2D eigenvalue weighted by molar-refractivity contribution is 0.294. The van der Waals surface area contributed by atoms with Crippen molar-refractivity contribution in [1.82, 2.24) is 19.5 Å². The van der Waals surface area contributed by atoms with Gasteiger partial charge >= 0.3 is 0 Å². The second-order valence-electron chi connectivity index (χ2n) is 9.33. The number of pyridine rings is 1. The number of imidazole rings is 1. The molecule has 1 aliphatic rings. The first-order chi connectivity index (χ1) is 18.1. The molecule has 0 radical (unpaired) electrons. The molecular formula is C29H27ClN4O3. The molecule has 3 heterocycles. The van der Waals surface area contributed by atoms with Gasteiger partial charge in [-0.3, -0.25) is 0 Å². The highest BCUT2D eigenvalue weighted by atomic mass is 35.5. The Kier molecular flexibility index (Phi) is 6.32. The number of nitrogens with zero attached hydrogens (tertiary/aromatic N) is 3. The first-order valence-electron chi connectivity index (χ1n) is 12.4. The van der Waals surface area contributed by atoms with Gasteiger partial charge in [-0.25, -0.2) is 9.97 Å². The maximum atomic E-state index is 10.8. The van der Waals surface area contributed by atoms with Crippen LogP contribution in [0.3, 0.4) is 0 Å². The number of aromatic amines is 1. The minimum atomic E-state index is -0.127. The summed E-state index contributed by atoms with van der Waals surface area (Å²) in [6.07, 6.45) is 8.57. The molecule has 188 valence electrons. The number of benzene rings is 2. The zero-order chi connectivity index (χ0) is 25.4. The highest BCUT2D eigenvalue weighted by molar-refractivity contribution is 6.31. The van der Waals surface area contributed by atoms with Gasteiger partial charge in [0.1, 0.15) is 12.4 Å². The molecule has 1 aliphatic carbocycles. The van der Waals surface area contributed by atoms with E-state index in [0.717, 1.165) is 63.8 Å². The quantitative estimate of drug-likeness (QED) is 0.254. The molecule has 5 aromatic rings. The van der Waals surface area contributed by atoms with Crippen molar-refractivity contribution in [2.75, 3.05) is 6.61 Å². The van der Waals surface area contributed by atoms with E-state index >= 15 is 0 Å². The van der Waals surface area contributed by atoms with Gasteiger partial charge in [0.15, 0.2) is 0 Å². The van der Waals surface area contributed by atoms with Crippen LogP contribution >= 0.6 is 11.6 Å². The van der Waals surface area contributed by atoms with Gasteiger partial charge in [-0.2, -0.15) is 0 Å². The standard InChI is InChI=1S/C29H27ClN4O3/c30-22-9-10-26(36)28-19(22)7-4-8-25(28)34-17-33-23(11-12-35)29(34)21-14-31-24-15-32-27(13-20(21)24)37-16-18-5-2-1-3-6-18/h1-3,5-6,9-10,13-15,17,25,31,35-36H,4,7-8,11-12,16H2. The molecule has 1 atom stereocenters. The SMILES string of the molecule is OCCc1ncn(C2CCCc3c(Cl)ccc(O)c32)c1-c1c[nH]c2cnc(OCc3ccccc3)cc12. The monoisotopic (exact) mass is 514 g/mol. The van der Waals surface area contributed by atoms with Crippen LogP contribution in [0.15, 0.2) is 67.3 Å². The minimum Gasteiger partial charge on any atom is -0.508 e. The minimum absolute atomic E-state index is 0.0162. The average Bonchev–Trinajstić information content (AvgIpc) is 3.53. The van der Waals surface area contributed by atoms with Crippen molar-refractivity contribution in [3.8, 4) is 22.9 Å². The fraction of sp³-hybridized carbons (Fsp3) is 0.241. The summed E-state index contributed by atoms with van der Waals surface area (Å²) >= 11 is 6.54. The van der Waals surface area contributed by atoms with Crippen LogP contribution < -0.4 is 4.74 Å². The number of halogens is 1. The maximum Gasteiger partial charge on any atom is 0.214 e. The van der Waals surface area contributed by atoms with Crippen LogP contribution in [-0.4, -0.2) is 36.3 Å². The largest absolute Gasteiger partial charge is 0.508 e. The van der Waals surface area contributed by atoms with E-state index in [4.69, 9.17) is 21.3 Å². The molecule has 0 bridgehead atoms. The Morgan fingerprint density at radius 1 is 1.14 bits per heavy atom. The third-order valence-corrected chi connectivity index (χ3v) is 7.45. The van der Waals surface area contributed by atoms with Gasteiger partial charge in [0, 0.05) is 46.8 Å². The van der Waals surface area contributed by atoms with Gasteiger partial charge in [0.25, 0.3) is 0 Å². The van der Waals surface area contributed by atoms with Gasteiger partial charge in [0.2, 0.25) is 5.88 Å². The molecule has 0 saturated heterocycles. The normalized spacial score (nSPS) is 15.1. The summed E-state index contributed by atoms with van der Waals surface area (Å²) in [6.45, 7) is 0.406. The van der Waals surface area contributed by atoms with Gasteiger partial charge in [-0.1, -0.05) is 41.9 Å². The zero-order valence-corrected chi connectivity index (χ0v) is 20.9. The van der Waals surface area contributed by atoms with Crippen molar-refractivity contribution >= 4 is 22.5 Å². The zero-order valence-electron chi connectivity index (χ0n) is 20.2. The van der Waals surface area contributed by atoms with E-state index in [1.165, 1.54) is 0 Å². The third-order valence-electron chi connectivity index (χ3n) is 7.09. The molecule has 6 rings (SSSR count). The molecule has 8 heteroatoms. The number of aliphatic hydroxyl groups excluding tert-OH is 1. The number of hydrogen-bond acceptors (Lipinski definition) is 5. The van der Waals surface area contributed by atoms with Gasteiger partial charge < -0.3 is 24.5 Å². The number of aromatic nitrogens is 4. The Hall–Kier alpha value is -3.81. The number of aliphatic hydroxyl groups is 1. The Morgan fingerprint density at radius 2 is 2.00 bits per heavy atom. The lowest BCUT2D eigenvalue weighted by atomic mass is 9.86. The first kappa shape index (κ1) is 23.6. The van der Waals surface area contributed by atoms with E-state index in [2.05, 4.69) is 14.5 Å². The fourth-order valence-electron chi connectivity index (χ4n) is 5.37. The van der Waals surface area contributed by atoms with E-state index in [1.54, 1.807) is 18.3 Å². The van der Waals surface area contributed by atoms with Crippen molar-refractivity contribution in [2.24, 2.45) is 0 Å². The Bertz CT molecular complexity index is 1560. The molecule has 7 nitrogen and oxygen atoms in total. The summed E-state index contributed by atoms with van der Waals surface area (Å²) in [5.41, 5.74) is 6.41. The van der Waals surface area contributed by atoms with Crippen molar-refractivity contribution in [3.05, 3.63) is 94.7 Å². The molecule has 0 aliphatic heterocycles. The lowest BCUT2D eigenvalue weighted by Crippen LogP contribution is -2.18. The molecular weight excluding hydrogens is 488 g/mol. The van der Waals surface area contributed by atoms with Crippen molar-refractivity contribution in [1.29, 1.82) is 0 Å². The topological polar surface area (TPSA) is 96.2 Å². The third kappa shape index (κ3) is 4.34. The molecule has 3 aromatic heterocycles. The van der Waals surface area contributed by atoms with Crippen molar-refractivity contribution in [2.45, 2.75) is 38.3 Å². The predicted molar refractivity (Wildman–Crippen MR) is 143 cm³/mol. The number of ether oxygens (including phenoxy) is 1. The van der Waals surface area contributed by atoms with Crippen LogP contribution in [0.4, 0.5) is 0 Å². The molecule has 3 N–H and O–H groups in total. The van der Waals surface area contributed by atoms with Crippen LogP contribution in [0, 0.1) is 0 Å². The molecule has 37 heavy (non-hydrogen) atoms. The van der Waals surface area contributed by atoms with Crippen molar-refractivity contribution < 1.29 is 14.9 Å².